The molecule has 28 heavy (non-hydrogen) atoms. The first-order valence-corrected chi connectivity index (χ1v) is 9.01. The molecule has 1 saturated heterocycles. The zero-order valence-electron chi connectivity index (χ0n) is 15.3. The van der Waals surface area contributed by atoms with Gasteiger partial charge in [-0.25, -0.2) is 18.6 Å². The van der Waals surface area contributed by atoms with Gasteiger partial charge in [0.1, 0.15) is 11.3 Å². The summed E-state index contributed by atoms with van der Waals surface area (Å²) in [5, 5.41) is 5.49. The lowest BCUT2D eigenvalue weighted by atomic mass is 10.1. The lowest BCUT2D eigenvalue weighted by molar-refractivity contribution is -0.0221. The average molecular weight is 386 g/mol. The monoisotopic (exact) mass is 386 g/mol. The largest absolute Gasteiger partial charge is 0.358 e. The molecule has 7 nitrogen and oxygen atoms in total. The van der Waals surface area contributed by atoms with Crippen molar-refractivity contribution in [2.24, 2.45) is 0 Å². The minimum Gasteiger partial charge on any atom is -0.358 e. The molecule has 0 spiro atoms. The molecule has 3 aromatic rings. The third-order valence-corrected chi connectivity index (χ3v) is 4.79. The van der Waals surface area contributed by atoms with E-state index in [9.17, 15) is 13.6 Å². The third-order valence-electron chi connectivity index (χ3n) is 4.79. The van der Waals surface area contributed by atoms with Gasteiger partial charge in [-0.15, -0.1) is 0 Å². The van der Waals surface area contributed by atoms with E-state index in [0.29, 0.717) is 22.7 Å². The van der Waals surface area contributed by atoms with Crippen molar-refractivity contribution in [3.63, 3.8) is 0 Å². The van der Waals surface area contributed by atoms with E-state index >= 15 is 0 Å². The fraction of sp³-hybridized carbons (Fsp3) is 0.316. The van der Waals surface area contributed by atoms with E-state index in [4.69, 9.17) is 0 Å². The van der Waals surface area contributed by atoms with Gasteiger partial charge in [0.05, 0.1) is 23.1 Å². The molecule has 4 rings (SSSR count). The number of amides is 2. The number of piperidine rings is 1. The maximum atomic E-state index is 13.3. The summed E-state index contributed by atoms with van der Waals surface area (Å²) in [6.07, 6.45) is 4.52. The van der Waals surface area contributed by atoms with Gasteiger partial charge in [-0.2, -0.15) is 0 Å². The summed E-state index contributed by atoms with van der Waals surface area (Å²) in [5.74, 6) is -1.93. The molecular formula is C19H20F2N6O. The van der Waals surface area contributed by atoms with Gasteiger partial charge in [0.2, 0.25) is 0 Å². The van der Waals surface area contributed by atoms with Crippen LogP contribution in [0.3, 0.4) is 0 Å². The zero-order chi connectivity index (χ0) is 19.7. The van der Waals surface area contributed by atoms with Crippen LogP contribution in [0.1, 0.15) is 18.4 Å². The summed E-state index contributed by atoms with van der Waals surface area (Å²) < 4.78 is 26.7. The first-order valence-electron chi connectivity index (χ1n) is 9.01. The Morgan fingerprint density at radius 3 is 2.79 bits per heavy atom. The Morgan fingerprint density at radius 2 is 2.04 bits per heavy atom. The molecule has 146 valence electrons. The summed E-state index contributed by atoms with van der Waals surface area (Å²) in [5.41, 5.74) is 3.41. The van der Waals surface area contributed by atoms with Gasteiger partial charge in [0.25, 0.3) is 5.92 Å². The van der Waals surface area contributed by atoms with Crippen molar-refractivity contribution in [2.45, 2.75) is 25.7 Å². The highest BCUT2D eigenvalue weighted by molar-refractivity contribution is 6.04. The molecule has 0 unspecified atom stereocenters. The molecule has 2 amide bonds. The van der Waals surface area contributed by atoms with E-state index in [2.05, 4.69) is 25.6 Å². The van der Waals surface area contributed by atoms with Gasteiger partial charge in [0, 0.05) is 38.3 Å². The highest BCUT2D eigenvalue weighted by Crippen LogP contribution is 2.31. The second-order valence-corrected chi connectivity index (χ2v) is 6.89. The fourth-order valence-corrected chi connectivity index (χ4v) is 3.35. The van der Waals surface area contributed by atoms with Crippen LogP contribution in [0.5, 0.6) is 0 Å². The smallest absolute Gasteiger partial charge is 0.323 e. The molecule has 9 heteroatoms. The van der Waals surface area contributed by atoms with Crippen molar-refractivity contribution >= 4 is 34.3 Å². The number of halogens is 2. The molecule has 1 aliphatic rings. The number of hydrogen-bond acceptors (Lipinski definition) is 4. The number of aromatic nitrogens is 3. The Labute approximate surface area is 160 Å². The van der Waals surface area contributed by atoms with Gasteiger partial charge in [-0.05, 0) is 30.7 Å². The SMILES string of the molecule is Cc1cc(NC(=O)Nc2c[nH]c3cccnc23)cnc1N1CCC(F)(F)CC1. The Morgan fingerprint density at radius 1 is 1.25 bits per heavy atom. The highest BCUT2D eigenvalue weighted by atomic mass is 19.3. The number of hydrogen-bond donors (Lipinski definition) is 3. The van der Waals surface area contributed by atoms with Crippen LogP contribution in [0.15, 0.2) is 36.8 Å². The van der Waals surface area contributed by atoms with Crippen molar-refractivity contribution < 1.29 is 13.6 Å². The molecule has 0 saturated carbocycles. The third kappa shape index (κ3) is 3.73. The highest BCUT2D eigenvalue weighted by Gasteiger charge is 2.34. The molecule has 1 fully saturated rings. The summed E-state index contributed by atoms with van der Waals surface area (Å²) in [6, 6.07) is 5.04. The number of carbonyl (C=O) groups is 1. The topological polar surface area (TPSA) is 85.9 Å². The number of rotatable bonds is 3. The Bertz CT molecular complexity index is 1010. The molecule has 0 aliphatic carbocycles. The number of urea groups is 1. The minimum absolute atomic E-state index is 0.171. The van der Waals surface area contributed by atoms with E-state index in [1.807, 2.05) is 24.0 Å². The maximum absolute atomic E-state index is 13.3. The summed E-state index contributed by atoms with van der Waals surface area (Å²) in [6.45, 7) is 2.38. The van der Waals surface area contributed by atoms with Crippen molar-refractivity contribution in [1.29, 1.82) is 0 Å². The molecular weight excluding hydrogens is 366 g/mol. The number of H-pyrrole nitrogens is 1. The number of aromatic amines is 1. The summed E-state index contributed by atoms with van der Waals surface area (Å²) >= 11 is 0. The Hall–Kier alpha value is -3.23. The first-order chi connectivity index (χ1) is 13.4. The molecule has 4 heterocycles. The number of pyridine rings is 2. The lowest BCUT2D eigenvalue weighted by Crippen LogP contribution is -2.40. The lowest BCUT2D eigenvalue weighted by Gasteiger charge is -2.33. The first kappa shape index (κ1) is 18.1. The fourth-order valence-electron chi connectivity index (χ4n) is 3.35. The van der Waals surface area contributed by atoms with Crippen LogP contribution >= 0.6 is 0 Å². The van der Waals surface area contributed by atoms with Crippen molar-refractivity contribution in [2.75, 3.05) is 28.6 Å². The molecule has 0 bridgehead atoms. The standard InChI is InChI=1S/C19H20F2N6O/c1-12-9-13(10-24-17(12)27-7-4-19(20,21)5-8-27)25-18(28)26-15-11-23-14-3-2-6-22-16(14)15/h2-3,6,9-11,23H,4-5,7-8H2,1H3,(H2,25,26,28). The average Bonchev–Trinajstić information content (AvgIpc) is 3.05. The minimum atomic E-state index is -2.60. The number of aryl methyl sites for hydroxylation is 1. The molecule has 0 atom stereocenters. The van der Waals surface area contributed by atoms with E-state index in [-0.39, 0.29) is 25.9 Å². The Balaban J connectivity index is 1.42. The van der Waals surface area contributed by atoms with Crippen LogP contribution in [0.25, 0.3) is 11.0 Å². The van der Waals surface area contributed by atoms with Crippen molar-refractivity contribution in [3.8, 4) is 0 Å². The van der Waals surface area contributed by atoms with Crippen molar-refractivity contribution in [3.05, 3.63) is 42.4 Å². The zero-order valence-corrected chi connectivity index (χ0v) is 15.3. The number of fused-ring (bicyclic) bond motifs is 1. The van der Waals surface area contributed by atoms with E-state index in [1.54, 1.807) is 18.5 Å². The van der Waals surface area contributed by atoms with E-state index < -0.39 is 12.0 Å². The number of nitrogens with zero attached hydrogens (tertiary/aromatic N) is 3. The van der Waals surface area contributed by atoms with Gasteiger partial charge < -0.3 is 20.5 Å². The van der Waals surface area contributed by atoms with Gasteiger partial charge in [0.15, 0.2) is 0 Å². The Kier molecular flexibility index (Phi) is 4.58. The number of nitrogens with one attached hydrogen (secondary N) is 3. The van der Waals surface area contributed by atoms with E-state index in [1.165, 1.54) is 6.20 Å². The van der Waals surface area contributed by atoms with Gasteiger partial charge in [-0.1, -0.05) is 0 Å². The van der Waals surface area contributed by atoms with Gasteiger partial charge in [-0.3, -0.25) is 4.98 Å². The molecule has 3 N–H and O–H groups in total. The maximum Gasteiger partial charge on any atom is 0.323 e. The van der Waals surface area contributed by atoms with Crippen LogP contribution in [0, 0.1) is 6.92 Å². The number of carbonyl (C=O) groups excluding carboxylic acids is 1. The second kappa shape index (κ2) is 7.06. The van der Waals surface area contributed by atoms with Crippen molar-refractivity contribution in [1.82, 2.24) is 15.0 Å². The molecule has 1 aliphatic heterocycles. The van der Waals surface area contributed by atoms with Crippen LogP contribution in [-0.2, 0) is 0 Å². The molecule has 0 aromatic carbocycles. The second-order valence-electron chi connectivity index (χ2n) is 6.89. The van der Waals surface area contributed by atoms with E-state index in [0.717, 1.165) is 11.1 Å². The quantitative estimate of drug-likeness (QED) is 0.631. The van der Waals surface area contributed by atoms with Crippen LogP contribution in [0.4, 0.5) is 30.8 Å². The predicted octanol–water partition coefficient (Wildman–Crippen LogP) is 4.15. The molecule has 0 radical (unpaired) electrons. The predicted molar refractivity (Wildman–Crippen MR) is 104 cm³/mol. The normalized spacial score (nSPS) is 16.2. The van der Waals surface area contributed by atoms with Gasteiger partial charge >= 0.3 is 6.03 Å². The summed E-state index contributed by atoms with van der Waals surface area (Å²) in [7, 11) is 0. The molecule has 3 aromatic heterocycles. The van der Waals surface area contributed by atoms with Crippen LogP contribution < -0.4 is 15.5 Å². The van der Waals surface area contributed by atoms with Crippen LogP contribution in [0.2, 0.25) is 0 Å². The van der Waals surface area contributed by atoms with Crippen LogP contribution in [-0.4, -0.2) is 40.0 Å². The number of alkyl halides is 2. The number of anilines is 3. The summed E-state index contributed by atoms with van der Waals surface area (Å²) in [4.78, 5) is 25.8.